The fourth-order valence-electron chi connectivity index (χ4n) is 3.57. The Morgan fingerprint density at radius 1 is 1.23 bits per heavy atom. The van der Waals surface area contributed by atoms with E-state index >= 15 is 0 Å². The second-order valence-electron chi connectivity index (χ2n) is 6.79. The van der Waals surface area contributed by atoms with Gasteiger partial charge in [0.2, 0.25) is 0 Å². The van der Waals surface area contributed by atoms with Crippen LogP contribution in [0.5, 0.6) is 5.75 Å². The Labute approximate surface area is 156 Å². The molecule has 26 heavy (non-hydrogen) atoms. The minimum absolute atomic E-state index is 0.0593. The molecule has 1 aliphatic rings. The zero-order valence-corrected chi connectivity index (χ0v) is 15.8. The second-order valence-corrected chi connectivity index (χ2v) is 6.79. The van der Waals surface area contributed by atoms with Crippen molar-refractivity contribution in [2.24, 2.45) is 0 Å². The SMILES string of the molecule is CCCN1CCCc2cc(CCNC(=O)c3cccc(OC)c3)ccc21. The van der Waals surface area contributed by atoms with Crippen molar-refractivity contribution in [1.82, 2.24) is 5.32 Å². The molecule has 2 aromatic rings. The van der Waals surface area contributed by atoms with Gasteiger partial charge in [-0.05, 0) is 61.1 Å². The van der Waals surface area contributed by atoms with Crippen LogP contribution in [0, 0.1) is 0 Å². The molecule has 0 fully saturated rings. The quantitative estimate of drug-likeness (QED) is 0.823. The molecule has 0 atom stereocenters. The molecule has 0 bridgehead atoms. The van der Waals surface area contributed by atoms with Crippen molar-refractivity contribution in [2.45, 2.75) is 32.6 Å². The molecular formula is C22H28N2O2. The van der Waals surface area contributed by atoms with Crippen LogP contribution in [0.4, 0.5) is 5.69 Å². The second kappa shape index (κ2) is 8.75. The fourth-order valence-corrected chi connectivity index (χ4v) is 3.57. The van der Waals surface area contributed by atoms with Crippen LogP contribution in [0.2, 0.25) is 0 Å². The molecule has 138 valence electrons. The van der Waals surface area contributed by atoms with Gasteiger partial charge in [0.05, 0.1) is 7.11 Å². The van der Waals surface area contributed by atoms with Gasteiger partial charge < -0.3 is 15.0 Å². The van der Waals surface area contributed by atoms with Crippen LogP contribution in [-0.4, -0.2) is 32.7 Å². The highest BCUT2D eigenvalue weighted by molar-refractivity contribution is 5.94. The van der Waals surface area contributed by atoms with Crippen LogP contribution < -0.4 is 15.0 Å². The molecule has 0 saturated heterocycles. The molecule has 0 unspecified atom stereocenters. The van der Waals surface area contributed by atoms with Gasteiger partial charge in [-0.15, -0.1) is 0 Å². The van der Waals surface area contributed by atoms with Crippen molar-refractivity contribution < 1.29 is 9.53 Å². The van der Waals surface area contributed by atoms with Crippen LogP contribution in [0.15, 0.2) is 42.5 Å². The smallest absolute Gasteiger partial charge is 0.251 e. The number of aryl methyl sites for hydroxylation is 1. The molecule has 4 nitrogen and oxygen atoms in total. The summed E-state index contributed by atoms with van der Waals surface area (Å²) in [4.78, 5) is 14.8. The van der Waals surface area contributed by atoms with Crippen LogP contribution in [0.3, 0.4) is 0 Å². The summed E-state index contributed by atoms with van der Waals surface area (Å²) in [5.74, 6) is 0.639. The standard InChI is InChI=1S/C22H28N2O2/c1-3-13-24-14-5-7-18-15-17(9-10-21(18)24)11-12-23-22(25)19-6-4-8-20(16-19)26-2/h4,6,8-10,15-16H,3,5,7,11-14H2,1-2H3,(H,23,25). The maximum Gasteiger partial charge on any atom is 0.251 e. The van der Waals surface area contributed by atoms with E-state index in [0.29, 0.717) is 17.9 Å². The summed E-state index contributed by atoms with van der Waals surface area (Å²) in [5, 5.41) is 3.00. The maximum atomic E-state index is 12.3. The van der Waals surface area contributed by atoms with E-state index in [1.165, 1.54) is 29.7 Å². The van der Waals surface area contributed by atoms with Crippen LogP contribution >= 0.6 is 0 Å². The summed E-state index contributed by atoms with van der Waals surface area (Å²) in [6.07, 6.45) is 4.40. The number of fused-ring (bicyclic) bond motifs is 1. The molecule has 0 aliphatic carbocycles. The summed E-state index contributed by atoms with van der Waals surface area (Å²) in [6, 6.07) is 14.0. The molecule has 1 N–H and O–H groups in total. The topological polar surface area (TPSA) is 41.6 Å². The van der Waals surface area contributed by atoms with E-state index in [2.05, 4.69) is 35.3 Å². The number of hydrogen-bond donors (Lipinski definition) is 1. The van der Waals surface area contributed by atoms with Crippen molar-refractivity contribution in [3.63, 3.8) is 0 Å². The van der Waals surface area contributed by atoms with E-state index < -0.39 is 0 Å². The molecule has 0 aromatic heterocycles. The maximum absolute atomic E-state index is 12.3. The minimum atomic E-state index is -0.0593. The molecule has 0 spiro atoms. The number of carbonyl (C=O) groups excluding carboxylic acids is 1. The predicted molar refractivity (Wildman–Crippen MR) is 106 cm³/mol. The number of ether oxygens (including phenoxy) is 1. The lowest BCUT2D eigenvalue weighted by atomic mass is 9.98. The Morgan fingerprint density at radius 3 is 2.92 bits per heavy atom. The zero-order chi connectivity index (χ0) is 18.4. The first-order chi connectivity index (χ1) is 12.7. The van der Waals surface area contributed by atoms with E-state index in [-0.39, 0.29) is 5.91 Å². The third-order valence-corrected chi connectivity index (χ3v) is 4.88. The molecule has 1 aliphatic heterocycles. The number of nitrogens with zero attached hydrogens (tertiary/aromatic N) is 1. The molecule has 0 radical (unpaired) electrons. The molecule has 3 rings (SSSR count). The van der Waals surface area contributed by atoms with Crippen LogP contribution in [0.1, 0.15) is 41.3 Å². The number of anilines is 1. The lowest BCUT2D eigenvalue weighted by molar-refractivity contribution is 0.0954. The number of rotatable bonds is 7. The van der Waals surface area contributed by atoms with E-state index in [1.54, 1.807) is 19.2 Å². The van der Waals surface area contributed by atoms with E-state index in [4.69, 9.17) is 4.74 Å². The van der Waals surface area contributed by atoms with Gasteiger partial charge in [0.25, 0.3) is 5.91 Å². The molecule has 1 amide bonds. The number of benzene rings is 2. The number of carbonyl (C=O) groups is 1. The van der Waals surface area contributed by atoms with Gasteiger partial charge in [0, 0.05) is 30.9 Å². The Balaban J connectivity index is 1.57. The zero-order valence-electron chi connectivity index (χ0n) is 15.8. The molecule has 1 heterocycles. The van der Waals surface area contributed by atoms with Gasteiger partial charge in [-0.2, -0.15) is 0 Å². The van der Waals surface area contributed by atoms with Gasteiger partial charge in [0.15, 0.2) is 0 Å². The van der Waals surface area contributed by atoms with Crippen molar-refractivity contribution in [3.8, 4) is 5.75 Å². The largest absolute Gasteiger partial charge is 0.497 e. The molecule has 0 saturated carbocycles. The van der Waals surface area contributed by atoms with Gasteiger partial charge in [-0.25, -0.2) is 0 Å². The Bertz CT molecular complexity index is 758. The van der Waals surface area contributed by atoms with E-state index in [9.17, 15) is 4.79 Å². The van der Waals surface area contributed by atoms with Crippen LogP contribution in [-0.2, 0) is 12.8 Å². The normalized spacial score (nSPS) is 13.2. The number of methoxy groups -OCH3 is 1. The van der Waals surface area contributed by atoms with E-state index in [1.807, 2.05) is 12.1 Å². The highest BCUT2D eigenvalue weighted by Gasteiger charge is 2.16. The first kappa shape index (κ1) is 18.3. The van der Waals surface area contributed by atoms with E-state index in [0.717, 1.165) is 25.9 Å². The number of nitrogens with one attached hydrogen (secondary N) is 1. The first-order valence-corrected chi connectivity index (χ1v) is 9.50. The van der Waals surface area contributed by atoms with Crippen molar-refractivity contribution in [3.05, 3.63) is 59.2 Å². The molecule has 2 aromatic carbocycles. The Hall–Kier alpha value is -2.49. The highest BCUT2D eigenvalue weighted by Crippen LogP contribution is 2.28. The molecular weight excluding hydrogens is 324 g/mol. The average Bonchev–Trinajstić information content (AvgIpc) is 2.68. The monoisotopic (exact) mass is 352 g/mol. The summed E-state index contributed by atoms with van der Waals surface area (Å²) in [5.41, 5.74) is 4.75. The third-order valence-electron chi connectivity index (χ3n) is 4.88. The first-order valence-electron chi connectivity index (χ1n) is 9.50. The van der Waals surface area contributed by atoms with Crippen LogP contribution in [0.25, 0.3) is 0 Å². The number of hydrogen-bond acceptors (Lipinski definition) is 3. The Morgan fingerprint density at radius 2 is 2.12 bits per heavy atom. The summed E-state index contributed by atoms with van der Waals surface area (Å²) in [7, 11) is 1.61. The van der Waals surface area contributed by atoms with Gasteiger partial charge in [-0.1, -0.05) is 25.1 Å². The summed E-state index contributed by atoms with van der Waals surface area (Å²) < 4.78 is 5.17. The van der Waals surface area contributed by atoms with Crippen molar-refractivity contribution in [2.75, 3.05) is 31.6 Å². The van der Waals surface area contributed by atoms with Gasteiger partial charge >= 0.3 is 0 Å². The van der Waals surface area contributed by atoms with Gasteiger partial charge in [0.1, 0.15) is 5.75 Å². The lowest BCUT2D eigenvalue weighted by Crippen LogP contribution is -2.30. The highest BCUT2D eigenvalue weighted by atomic mass is 16.5. The minimum Gasteiger partial charge on any atom is -0.497 e. The van der Waals surface area contributed by atoms with Gasteiger partial charge in [-0.3, -0.25) is 4.79 Å². The predicted octanol–water partition coefficient (Wildman–Crippen LogP) is 3.83. The lowest BCUT2D eigenvalue weighted by Gasteiger charge is -2.31. The third kappa shape index (κ3) is 4.37. The average molecular weight is 352 g/mol. The van der Waals surface area contributed by atoms with Crippen molar-refractivity contribution >= 4 is 11.6 Å². The summed E-state index contributed by atoms with van der Waals surface area (Å²) >= 11 is 0. The number of amides is 1. The van der Waals surface area contributed by atoms with Crippen molar-refractivity contribution in [1.29, 1.82) is 0 Å². The fraction of sp³-hybridized carbons (Fsp3) is 0.409. The Kier molecular flexibility index (Phi) is 6.16. The summed E-state index contributed by atoms with van der Waals surface area (Å²) in [6.45, 7) is 5.15. The molecule has 4 heteroatoms.